The normalized spacial score (nSPS) is 18.5. The lowest BCUT2D eigenvalue weighted by molar-refractivity contribution is 0.0963. The summed E-state index contributed by atoms with van der Waals surface area (Å²) < 4.78 is 8.97. The van der Waals surface area contributed by atoms with E-state index >= 15 is 0 Å². The lowest BCUT2D eigenvalue weighted by Crippen LogP contribution is -2.27. The van der Waals surface area contributed by atoms with E-state index in [9.17, 15) is 4.79 Å². The molecule has 0 saturated carbocycles. The lowest BCUT2D eigenvalue weighted by atomic mass is 10.2. The lowest BCUT2D eigenvalue weighted by Gasteiger charge is -2.13. The smallest absolute Gasteiger partial charge is 0.261 e. The predicted octanol–water partition coefficient (Wildman–Crippen LogP) is 1.24. The Balaban J connectivity index is 1.92. The van der Waals surface area contributed by atoms with Gasteiger partial charge in [-0.05, 0) is 32.8 Å². The topological polar surface area (TPSA) is 74.3 Å². The largest absolute Gasteiger partial charge is 0.376 e. The van der Waals surface area contributed by atoms with E-state index in [1.54, 1.807) is 9.08 Å². The highest BCUT2D eigenvalue weighted by atomic mass is 16.5. The van der Waals surface area contributed by atoms with Gasteiger partial charge in [0.25, 0.3) is 11.3 Å². The first kappa shape index (κ1) is 13.4. The van der Waals surface area contributed by atoms with Crippen LogP contribution in [0.4, 0.5) is 0 Å². The van der Waals surface area contributed by atoms with Gasteiger partial charge in [0.15, 0.2) is 0 Å². The van der Waals surface area contributed by atoms with Crippen LogP contribution in [-0.4, -0.2) is 36.9 Å². The average Bonchev–Trinajstić information content (AvgIpc) is 3.10. The average molecular weight is 299 g/mol. The van der Waals surface area contributed by atoms with Crippen LogP contribution in [0.15, 0.2) is 17.1 Å². The molecule has 4 heterocycles. The molecule has 1 aliphatic rings. The van der Waals surface area contributed by atoms with E-state index in [4.69, 9.17) is 4.74 Å². The Bertz CT molecular complexity index is 921. The molecule has 3 aromatic heterocycles. The van der Waals surface area contributed by atoms with Crippen LogP contribution >= 0.6 is 0 Å². The fraction of sp³-hybridized carbons (Fsp3) is 0.467. The number of ether oxygens (including phenoxy) is 1. The summed E-state index contributed by atoms with van der Waals surface area (Å²) in [5, 5.41) is 4.92. The third-order valence-corrected chi connectivity index (χ3v) is 4.12. The van der Waals surface area contributed by atoms with Gasteiger partial charge in [-0.2, -0.15) is 9.50 Å². The molecule has 0 unspecified atom stereocenters. The van der Waals surface area contributed by atoms with Crippen LogP contribution in [0, 0.1) is 13.8 Å². The Morgan fingerprint density at radius 2 is 2.23 bits per heavy atom. The zero-order valence-corrected chi connectivity index (χ0v) is 12.6. The maximum atomic E-state index is 12.8. The van der Waals surface area contributed by atoms with Gasteiger partial charge in [0.05, 0.1) is 29.2 Å². The van der Waals surface area contributed by atoms with Crippen molar-refractivity contribution in [2.24, 2.45) is 0 Å². The third-order valence-electron chi connectivity index (χ3n) is 4.12. The first-order valence-electron chi connectivity index (χ1n) is 7.48. The van der Waals surface area contributed by atoms with Gasteiger partial charge in [-0.15, -0.1) is 5.10 Å². The minimum absolute atomic E-state index is 0.0481. The Kier molecular flexibility index (Phi) is 2.97. The highest BCUT2D eigenvalue weighted by molar-refractivity contribution is 5.81. The van der Waals surface area contributed by atoms with E-state index in [0.717, 1.165) is 25.0 Å². The second kappa shape index (κ2) is 4.88. The standard InChI is InChI=1S/C15H17N5O2/c1-9-13-12(20-15(16-9)17-10(2)18-20)5-6-19(14(13)21)8-11-4-3-7-22-11/h5-6,11H,3-4,7-8H2,1-2H3/t11-/m1/s1. The third kappa shape index (κ3) is 2.00. The van der Waals surface area contributed by atoms with Gasteiger partial charge in [0, 0.05) is 12.8 Å². The van der Waals surface area contributed by atoms with Gasteiger partial charge in [0.1, 0.15) is 5.82 Å². The maximum Gasteiger partial charge on any atom is 0.261 e. The Labute approximate surface area is 126 Å². The van der Waals surface area contributed by atoms with Gasteiger partial charge >= 0.3 is 0 Å². The van der Waals surface area contributed by atoms with Gasteiger partial charge in [-0.3, -0.25) is 4.79 Å². The van der Waals surface area contributed by atoms with E-state index < -0.39 is 0 Å². The SMILES string of the molecule is Cc1nc2nc(C)c3c(=O)n(C[C@H]4CCCO4)ccc3n2n1. The van der Waals surface area contributed by atoms with Crippen molar-refractivity contribution < 1.29 is 4.74 Å². The number of aryl methyl sites for hydroxylation is 2. The summed E-state index contributed by atoms with van der Waals surface area (Å²) in [6.45, 7) is 5.02. The van der Waals surface area contributed by atoms with Crippen LogP contribution < -0.4 is 5.56 Å². The molecule has 0 N–H and O–H groups in total. The van der Waals surface area contributed by atoms with Crippen molar-refractivity contribution in [2.75, 3.05) is 6.61 Å². The fourth-order valence-electron chi connectivity index (χ4n) is 3.08. The molecular weight excluding hydrogens is 282 g/mol. The number of aromatic nitrogens is 5. The Morgan fingerprint density at radius 3 is 3.00 bits per heavy atom. The van der Waals surface area contributed by atoms with E-state index in [1.807, 2.05) is 26.1 Å². The molecular formula is C15H17N5O2. The van der Waals surface area contributed by atoms with Gasteiger partial charge < -0.3 is 9.30 Å². The first-order chi connectivity index (χ1) is 10.6. The molecule has 22 heavy (non-hydrogen) atoms. The minimum Gasteiger partial charge on any atom is -0.376 e. The van der Waals surface area contributed by atoms with Crippen molar-refractivity contribution >= 4 is 16.7 Å². The first-order valence-corrected chi connectivity index (χ1v) is 7.48. The quantitative estimate of drug-likeness (QED) is 0.711. The molecule has 1 saturated heterocycles. The highest BCUT2D eigenvalue weighted by Gasteiger charge is 2.18. The fourth-order valence-corrected chi connectivity index (χ4v) is 3.08. The maximum absolute atomic E-state index is 12.8. The second-order valence-corrected chi connectivity index (χ2v) is 5.74. The molecule has 0 spiro atoms. The van der Waals surface area contributed by atoms with Crippen molar-refractivity contribution in [1.29, 1.82) is 0 Å². The molecule has 4 rings (SSSR count). The summed E-state index contributed by atoms with van der Waals surface area (Å²) in [6, 6.07) is 1.90. The van der Waals surface area contributed by atoms with Crippen molar-refractivity contribution in [1.82, 2.24) is 24.1 Å². The molecule has 0 radical (unpaired) electrons. The molecule has 1 atom stereocenters. The summed E-state index contributed by atoms with van der Waals surface area (Å²) in [7, 11) is 0. The summed E-state index contributed by atoms with van der Waals surface area (Å²) >= 11 is 0. The number of fused-ring (bicyclic) bond motifs is 3. The van der Waals surface area contributed by atoms with Crippen LogP contribution in [0.25, 0.3) is 16.7 Å². The molecule has 7 heteroatoms. The van der Waals surface area contributed by atoms with Crippen LogP contribution in [0.2, 0.25) is 0 Å². The van der Waals surface area contributed by atoms with Crippen molar-refractivity contribution in [2.45, 2.75) is 39.3 Å². The summed E-state index contributed by atoms with van der Waals surface area (Å²) in [6.07, 6.45) is 4.00. The van der Waals surface area contributed by atoms with Crippen molar-refractivity contribution in [3.63, 3.8) is 0 Å². The molecule has 114 valence electrons. The van der Waals surface area contributed by atoms with E-state index in [2.05, 4.69) is 15.1 Å². The molecule has 7 nitrogen and oxygen atoms in total. The predicted molar refractivity (Wildman–Crippen MR) is 81.0 cm³/mol. The van der Waals surface area contributed by atoms with Crippen molar-refractivity contribution in [3.05, 3.63) is 34.1 Å². The van der Waals surface area contributed by atoms with Crippen LogP contribution in [-0.2, 0) is 11.3 Å². The molecule has 0 aliphatic carbocycles. The van der Waals surface area contributed by atoms with Crippen LogP contribution in [0.3, 0.4) is 0 Å². The van der Waals surface area contributed by atoms with E-state index in [-0.39, 0.29) is 11.7 Å². The Morgan fingerprint density at radius 1 is 1.36 bits per heavy atom. The van der Waals surface area contributed by atoms with Crippen LogP contribution in [0.5, 0.6) is 0 Å². The van der Waals surface area contributed by atoms with E-state index in [0.29, 0.717) is 29.2 Å². The molecule has 0 aromatic carbocycles. The molecule has 0 bridgehead atoms. The van der Waals surface area contributed by atoms with Crippen molar-refractivity contribution in [3.8, 4) is 0 Å². The molecule has 0 amide bonds. The summed E-state index contributed by atoms with van der Waals surface area (Å²) in [5.41, 5.74) is 1.38. The highest BCUT2D eigenvalue weighted by Crippen LogP contribution is 2.16. The van der Waals surface area contributed by atoms with Gasteiger partial charge in [-0.25, -0.2) is 4.98 Å². The zero-order valence-electron chi connectivity index (χ0n) is 12.6. The number of hydrogen-bond acceptors (Lipinski definition) is 5. The molecule has 3 aromatic rings. The van der Waals surface area contributed by atoms with Crippen LogP contribution in [0.1, 0.15) is 24.4 Å². The summed E-state index contributed by atoms with van der Waals surface area (Å²) in [4.78, 5) is 21.5. The number of rotatable bonds is 2. The zero-order chi connectivity index (χ0) is 15.3. The monoisotopic (exact) mass is 299 g/mol. The second-order valence-electron chi connectivity index (χ2n) is 5.74. The summed E-state index contributed by atoms with van der Waals surface area (Å²) in [5.74, 6) is 1.17. The van der Waals surface area contributed by atoms with Gasteiger partial charge in [0.2, 0.25) is 0 Å². The Hall–Kier alpha value is -2.28. The number of pyridine rings is 1. The van der Waals surface area contributed by atoms with E-state index in [1.165, 1.54) is 0 Å². The minimum atomic E-state index is -0.0481. The molecule has 1 aliphatic heterocycles. The molecule has 1 fully saturated rings. The number of nitrogens with zero attached hydrogens (tertiary/aromatic N) is 5. The number of hydrogen-bond donors (Lipinski definition) is 0. The van der Waals surface area contributed by atoms with Gasteiger partial charge in [-0.1, -0.05) is 0 Å².